The average molecular weight is 319 g/mol. The number of amides is 1. The van der Waals surface area contributed by atoms with Crippen molar-refractivity contribution in [3.05, 3.63) is 6.33 Å². The number of hydrogen-bond donors (Lipinski definition) is 0. The highest BCUT2D eigenvalue weighted by molar-refractivity contribution is 5.83. The van der Waals surface area contributed by atoms with Crippen molar-refractivity contribution in [1.82, 2.24) is 29.9 Å². The van der Waals surface area contributed by atoms with Gasteiger partial charge in [-0.15, -0.1) is 5.10 Å². The molecule has 2 aromatic rings. The van der Waals surface area contributed by atoms with Crippen LogP contribution < -0.4 is 4.90 Å². The summed E-state index contributed by atoms with van der Waals surface area (Å²) < 4.78 is 6.94. The van der Waals surface area contributed by atoms with Crippen LogP contribution in [-0.4, -0.2) is 75.2 Å². The second-order valence-electron chi connectivity index (χ2n) is 5.28. The van der Waals surface area contributed by atoms with E-state index in [0.29, 0.717) is 44.8 Å². The van der Waals surface area contributed by atoms with Gasteiger partial charge in [0.1, 0.15) is 12.9 Å². The van der Waals surface area contributed by atoms with Crippen molar-refractivity contribution < 1.29 is 9.53 Å². The maximum Gasteiger partial charge on any atom is 0.248 e. The Morgan fingerprint density at radius 1 is 1.22 bits per heavy atom. The summed E-state index contributed by atoms with van der Waals surface area (Å²) in [5.74, 6) is 0.822. The number of aromatic nitrogens is 5. The molecule has 1 saturated heterocycles. The predicted octanol–water partition coefficient (Wildman–Crippen LogP) is -0.0737. The fourth-order valence-electron chi connectivity index (χ4n) is 2.67. The van der Waals surface area contributed by atoms with Crippen LogP contribution in [0, 0.1) is 0 Å². The number of carbonyl (C=O) groups is 1. The maximum absolute atomic E-state index is 12.0. The average Bonchev–Trinajstić information content (AvgIpc) is 3.03. The van der Waals surface area contributed by atoms with Crippen molar-refractivity contribution in [2.45, 2.75) is 20.4 Å². The lowest BCUT2D eigenvalue weighted by Gasteiger charge is -2.35. The lowest BCUT2D eigenvalue weighted by Crippen LogP contribution is -2.50. The van der Waals surface area contributed by atoms with E-state index in [4.69, 9.17) is 4.74 Å². The van der Waals surface area contributed by atoms with Crippen molar-refractivity contribution in [1.29, 1.82) is 0 Å². The summed E-state index contributed by atoms with van der Waals surface area (Å²) in [6, 6.07) is 0. The Kier molecular flexibility index (Phi) is 4.65. The predicted molar refractivity (Wildman–Crippen MR) is 84.1 cm³/mol. The third-order valence-corrected chi connectivity index (χ3v) is 3.94. The quantitative estimate of drug-likeness (QED) is 0.762. The molecule has 0 unspecified atom stereocenters. The summed E-state index contributed by atoms with van der Waals surface area (Å²) in [5.41, 5.74) is 1.45. The molecule has 0 atom stereocenters. The molecule has 124 valence electrons. The van der Waals surface area contributed by atoms with Crippen molar-refractivity contribution in [2.24, 2.45) is 0 Å². The van der Waals surface area contributed by atoms with Crippen LogP contribution in [0.5, 0.6) is 0 Å². The number of nitrogens with zero attached hydrogens (tertiary/aromatic N) is 7. The zero-order valence-corrected chi connectivity index (χ0v) is 13.5. The van der Waals surface area contributed by atoms with Gasteiger partial charge in [-0.25, -0.2) is 14.6 Å². The van der Waals surface area contributed by atoms with Gasteiger partial charge >= 0.3 is 0 Å². The monoisotopic (exact) mass is 319 g/mol. The van der Waals surface area contributed by atoms with Crippen LogP contribution in [0.25, 0.3) is 11.2 Å². The zero-order valence-electron chi connectivity index (χ0n) is 13.5. The van der Waals surface area contributed by atoms with Gasteiger partial charge in [-0.3, -0.25) is 4.79 Å². The number of hydrogen-bond acceptors (Lipinski definition) is 7. The number of fused-ring (bicyclic) bond motifs is 1. The standard InChI is InChI=1S/C14H21N7O2/c1-3-21-14-12(17-18-21)13(15-10-16-14)20-7-5-19(6-8-20)11(22)9-23-4-2/h10H,3-9H2,1-2H3. The lowest BCUT2D eigenvalue weighted by atomic mass is 10.3. The number of anilines is 1. The van der Waals surface area contributed by atoms with E-state index in [2.05, 4.69) is 25.2 Å². The van der Waals surface area contributed by atoms with Gasteiger partial charge in [0, 0.05) is 39.3 Å². The van der Waals surface area contributed by atoms with Gasteiger partial charge < -0.3 is 14.5 Å². The van der Waals surface area contributed by atoms with Gasteiger partial charge in [0.15, 0.2) is 17.0 Å². The van der Waals surface area contributed by atoms with E-state index in [1.54, 1.807) is 11.0 Å². The van der Waals surface area contributed by atoms with Crippen LogP contribution in [0.4, 0.5) is 5.82 Å². The largest absolute Gasteiger partial charge is 0.372 e. The second-order valence-corrected chi connectivity index (χ2v) is 5.28. The van der Waals surface area contributed by atoms with Gasteiger partial charge in [-0.2, -0.15) is 0 Å². The van der Waals surface area contributed by atoms with Gasteiger partial charge in [0.25, 0.3) is 0 Å². The van der Waals surface area contributed by atoms with Crippen LogP contribution in [0.1, 0.15) is 13.8 Å². The molecular formula is C14H21N7O2. The van der Waals surface area contributed by atoms with Gasteiger partial charge in [-0.1, -0.05) is 5.21 Å². The molecule has 1 fully saturated rings. The van der Waals surface area contributed by atoms with Gasteiger partial charge in [0.05, 0.1) is 0 Å². The van der Waals surface area contributed by atoms with Crippen molar-refractivity contribution >= 4 is 22.9 Å². The van der Waals surface area contributed by atoms with Crippen LogP contribution in [0.2, 0.25) is 0 Å². The molecule has 3 rings (SSSR count). The van der Waals surface area contributed by atoms with Gasteiger partial charge in [-0.05, 0) is 13.8 Å². The van der Waals surface area contributed by atoms with Crippen molar-refractivity contribution in [2.75, 3.05) is 44.3 Å². The number of carbonyl (C=O) groups excluding carboxylic acids is 1. The molecule has 1 aliphatic rings. The van der Waals surface area contributed by atoms with E-state index < -0.39 is 0 Å². The van der Waals surface area contributed by atoms with Crippen LogP contribution in [-0.2, 0) is 16.1 Å². The lowest BCUT2D eigenvalue weighted by molar-refractivity contribution is -0.136. The minimum atomic E-state index is 0.0382. The van der Waals surface area contributed by atoms with Crippen molar-refractivity contribution in [3.8, 4) is 0 Å². The number of ether oxygens (including phenoxy) is 1. The molecule has 0 saturated carbocycles. The molecule has 23 heavy (non-hydrogen) atoms. The molecule has 3 heterocycles. The second kappa shape index (κ2) is 6.86. The molecule has 2 aromatic heterocycles. The molecule has 0 bridgehead atoms. The van der Waals surface area contributed by atoms with Crippen LogP contribution >= 0.6 is 0 Å². The number of piperazine rings is 1. The molecule has 0 radical (unpaired) electrons. The third kappa shape index (κ3) is 3.09. The molecule has 0 N–H and O–H groups in total. The van der Waals surface area contributed by atoms with E-state index in [1.807, 2.05) is 18.7 Å². The van der Waals surface area contributed by atoms with Crippen molar-refractivity contribution in [3.63, 3.8) is 0 Å². The van der Waals surface area contributed by atoms with Gasteiger partial charge in [0.2, 0.25) is 5.91 Å². The van der Waals surface area contributed by atoms with E-state index in [0.717, 1.165) is 11.5 Å². The Balaban J connectivity index is 1.71. The molecule has 1 amide bonds. The summed E-state index contributed by atoms with van der Waals surface area (Å²) in [6.45, 7) is 8.03. The molecule has 0 spiro atoms. The topological polar surface area (TPSA) is 89.3 Å². The number of rotatable bonds is 5. The summed E-state index contributed by atoms with van der Waals surface area (Å²) >= 11 is 0. The minimum Gasteiger partial charge on any atom is -0.372 e. The normalized spacial score (nSPS) is 15.4. The molecule has 9 nitrogen and oxygen atoms in total. The molecule has 0 aliphatic carbocycles. The SMILES string of the molecule is CCOCC(=O)N1CCN(c2ncnc3c2nnn3CC)CC1. The highest BCUT2D eigenvalue weighted by atomic mass is 16.5. The highest BCUT2D eigenvalue weighted by Gasteiger charge is 2.24. The summed E-state index contributed by atoms with van der Waals surface area (Å²) in [6.07, 6.45) is 1.54. The Morgan fingerprint density at radius 2 is 2.00 bits per heavy atom. The first-order valence-electron chi connectivity index (χ1n) is 7.89. The third-order valence-electron chi connectivity index (χ3n) is 3.94. The summed E-state index contributed by atoms with van der Waals surface area (Å²) in [4.78, 5) is 24.6. The highest BCUT2D eigenvalue weighted by Crippen LogP contribution is 2.21. The Labute approximate surface area is 134 Å². The smallest absolute Gasteiger partial charge is 0.248 e. The van der Waals surface area contributed by atoms with Crippen LogP contribution in [0.3, 0.4) is 0 Å². The number of aryl methyl sites for hydroxylation is 1. The van der Waals surface area contributed by atoms with E-state index in [1.165, 1.54) is 0 Å². The molecule has 1 aliphatic heterocycles. The maximum atomic E-state index is 12.0. The van der Waals surface area contributed by atoms with E-state index in [9.17, 15) is 4.79 Å². The molecular weight excluding hydrogens is 298 g/mol. The van der Waals surface area contributed by atoms with E-state index in [-0.39, 0.29) is 12.5 Å². The Hall–Kier alpha value is -2.29. The first-order valence-corrected chi connectivity index (χ1v) is 7.89. The first kappa shape index (κ1) is 15.6. The fraction of sp³-hybridized carbons (Fsp3) is 0.643. The van der Waals surface area contributed by atoms with E-state index >= 15 is 0 Å². The summed E-state index contributed by atoms with van der Waals surface area (Å²) in [5, 5.41) is 8.31. The fourth-order valence-corrected chi connectivity index (χ4v) is 2.67. The Morgan fingerprint density at radius 3 is 2.70 bits per heavy atom. The summed E-state index contributed by atoms with van der Waals surface area (Å²) in [7, 11) is 0. The molecule has 9 heteroatoms. The minimum absolute atomic E-state index is 0.0382. The first-order chi connectivity index (χ1) is 11.2. The molecule has 0 aromatic carbocycles. The van der Waals surface area contributed by atoms with Crippen LogP contribution in [0.15, 0.2) is 6.33 Å². The Bertz CT molecular complexity index is 679. The zero-order chi connectivity index (χ0) is 16.2.